The van der Waals surface area contributed by atoms with Gasteiger partial charge in [-0.25, -0.2) is 13.6 Å². The maximum absolute atomic E-state index is 13.9. The average Bonchev–Trinajstić information content (AvgIpc) is 3.40. The number of rotatable bonds is 3. The Morgan fingerprint density at radius 2 is 1.88 bits per heavy atom. The standard InChI is InChI=1S/C20H17F2NO3/c21-14-3-4-15(18(22)8-14)16-9-17(16)19(24)23-6-5-11-1-2-12(20(25)26)7-13(11)10-23/h1-4,7-8,16-17H,5-6,9-10H2,(H,25,26). The van der Waals surface area contributed by atoms with Gasteiger partial charge in [0.2, 0.25) is 5.91 Å². The second-order valence-corrected chi connectivity index (χ2v) is 6.91. The summed E-state index contributed by atoms with van der Waals surface area (Å²) in [6.45, 7) is 0.928. The molecule has 0 aromatic heterocycles. The number of halogens is 2. The van der Waals surface area contributed by atoms with E-state index in [4.69, 9.17) is 5.11 Å². The van der Waals surface area contributed by atoms with E-state index < -0.39 is 17.6 Å². The topological polar surface area (TPSA) is 57.6 Å². The van der Waals surface area contributed by atoms with Gasteiger partial charge in [-0.15, -0.1) is 0 Å². The van der Waals surface area contributed by atoms with Crippen LogP contribution in [0.5, 0.6) is 0 Å². The summed E-state index contributed by atoms with van der Waals surface area (Å²) in [4.78, 5) is 25.6. The van der Waals surface area contributed by atoms with E-state index in [1.165, 1.54) is 12.1 Å². The first-order chi connectivity index (χ1) is 12.4. The largest absolute Gasteiger partial charge is 0.478 e. The molecule has 4 nitrogen and oxygen atoms in total. The van der Waals surface area contributed by atoms with Crippen molar-refractivity contribution in [2.24, 2.45) is 5.92 Å². The van der Waals surface area contributed by atoms with E-state index in [1.54, 1.807) is 23.1 Å². The molecule has 1 heterocycles. The quantitative estimate of drug-likeness (QED) is 0.917. The molecule has 6 heteroatoms. The van der Waals surface area contributed by atoms with Crippen molar-refractivity contribution in [2.75, 3.05) is 6.54 Å². The summed E-state index contributed by atoms with van der Waals surface area (Å²) in [7, 11) is 0. The fourth-order valence-corrected chi connectivity index (χ4v) is 3.73. The van der Waals surface area contributed by atoms with Gasteiger partial charge < -0.3 is 10.0 Å². The summed E-state index contributed by atoms with van der Waals surface area (Å²) in [5.41, 5.74) is 2.48. The maximum Gasteiger partial charge on any atom is 0.335 e. The number of amides is 1. The number of benzene rings is 2. The van der Waals surface area contributed by atoms with Gasteiger partial charge in [0.25, 0.3) is 0 Å². The third-order valence-corrected chi connectivity index (χ3v) is 5.25. The van der Waals surface area contributed by atoms with Crippen LogP contribution in [0.15, 0.2) is 36.4 Å². The van der Waals surface area contributed by atoms with Crippen molar-refractivity contribution in [2.45, 2.75) is 25.3 Å². The van der Waals surface area contributed by atoms with Crippen molar-refractivity contribution in [1.82, 2.24) is 4.90 Å². The zero-order valence-corrected chi connectivity index (χ0v) is 13.9. The van der Waals surface area contributed by atoms with Crippen LogP contribution in [-0.2, 0) is 17.8 Å². The Hall–Kier alpha value is -2.76. The Morgan fingerprint density at radius 1 is 1.08 bits per heavy atom. The Labute approximate surface area is 149 Å². The number of fused-ring (bicyclic) bond motifs is 1. The smallest absolute Gasteiger partial charge is 0.335 e. The zero-order chi connectivity index (χ0) is 18.4. The number of nitrogens with zero attached hydrogens (tertiary/aromatic N) is 1. The number of carboxylic acid groups (broad SMARTS) is 1. The van der Waals surface area contributed by atoms with Gasteiger partial charge in [-0.1, -0.05) is 12.1 Å². The van der Waals surface area contributed by atoms with Crippen LogP contribution in [0.4, 0.5) is 8.78 Å². The molecule has 2 aliphatic rings. The lowest BCUT2D eigenvalue weighted by atomic mass is 9.97. The van der Waals surface area contributed by atoms with Crippen LogP contribution >= 0.6 is 0 Å². The normalized spacial score (nSPS) is 21.2. The highest BCUT2D eigenvalue weighted by atomic mass is 19.1. The van der Waals surface area contributed by atoms with Crippen molar-refractivity contribution in [3.05, 3.63) is 70.3 Å². The van der Waals surface area contributed by atoms with Gasteiger partial charge in [-0.3, -0.25) is 4.79 Å². The van der Waals surface area contributed by atoms with E-state index in [0.29, 0.717) is 31.5 Å². The lowest BCUT2D eigenvalue weighted by Crippen LogP contribution is -2.37. The second kappa shape index (κ2) is 6.20. The summed E-state index contributed by atoms with van der Waals surface area (Å²) in [5, 5.41) is 9.12. The van der Waals surface area contributed by atoms with Crippen LogP contribution in [0.25, 0.3) is 0 Å². The van der Waals surface area contributed by atoms with E-state index in [0.717, 1.165) is 17.2 Å². The fourth-order valence-electron chi connectivity index (χ4n) is 3.73. The molecule has 0 radical (unpaired) electrons. The Morgan fingerprint density at radius 3 is 2.62 bits per heavy atom. The molecule has 1 aliphatic carbocycles. The highest BCUT2D eigenvalue weighted by Gasteiger charge is 2.47. The Balaban J connectivity index is 1.48. The predicted octanol–water partition coefficient (Wildman–Crippen LogP) is 3.35. The zero-order valence-electron chi connectivity index (χ0n) is 13.9. The molecule has 1 aliphatic heterocycles. The van der Waals surface area contributed by atoms with Gasteiger partial charge in [0.05, 0.1) is 5.56 Å². The van der Waals surface area contributed by atoms with E-state index in [9.17, 15) is 18.4 Å². The second-order valence-electron chi connectivity index (χ2n) is 6.91. The summed E-state index contributed by atoms with van der Waals surface area (Å²) < 4.78 is 27.0. The monoisotopic (exact) mass is 357 g/mol. The van der Waals surface area contributed by atoms with E-state index in [1.807, 2.05) is 0 Å². The van der Waals surface area contributed by atoms with Crippen molar-refractivity contribution in [3.63, 3.8) is 0 Å². The molecule has 0 saturated heterocycles. The van der Waals surface area contributed by atoms with Gasteiger partial charge in [0.15, 0.2) is 0 Å². The molecule has 2 atom stereocenters. The van der Waals surface area contributed by atoms with Gasteiger partial charge in [-0.2, -0.15) is 0 Å². The van der Waals surface area contributed by atoms with Gasteiger partial charge in [0.1, 0.15) is 11.6 Å². The molecule has 2 unspecified atom stereocenters. The Kier molecular flexibility index (Phi) is 3.98. The van der Waals surface area contributed by atoms with E-state index in [-0.39, 0.29) is 23.3 Å². The summed E-state index contributed by atoms with van der Waals surface area (Å²) in [6.07, 6.45) is 1.23. The number of hydrogen-bond acceptors (Lipinski definition) is 2. The molecule has 134 valence electrons. The van der Waals surface area contributed by atoms with Crippen LogP contribution in [0.2, 0.25) is 0 Å². The molecule has 1 saturated carbocycles. The van der Waals surface area contributed by atoms with Crippen molar-refractivity contribution in [3.8, 4) is 0 Å². The lowest BCUT2D eigenvalue weighted by Gasteiger charge is -2.29. The van der Waals surface area contributed by atoms with Crippen molar-refractivity contribution in [1.29, 1.82) is 0 Å². The van der Waals surface area contributed by atoms with Crippen LogP contribution in [0.3, 0.4) is 0 Å². The molecular weight excluding hydrogens is 340 g/mol. The van der Waals surface area contributed by atoms with Crippen LogP contribution < -0.4 is 0 Å². The van der Waals surface area contributed by atoms with Crippen LogP contribution in [0.1, 0.15) is 39.4 Å². The molecule has 1 N–H and O–H groups in total. The first-order valence-electron chi connectivity index (χ1n) is 8.53. The first kappa shape index (κ1) is 16.7. The molecular formula is C20H17F2NO3. The fraction of sp³-hybridized carbons (Fsp3) is 0.300. The SMILES string of the molecule is O=C(O)c1ccc2c(c1)CN(C(=O)C1CC1c1ccc(F)cc1F)CC2. The number of aromatic carboxylic acids is 1. The van der Waals surface area contributed by atoms with E-state index >= 15 is 0 Å². The van der Waals surface area contributed by atoms with Gasteiger partial charge >= 0.3 is 5.97 Å². The van der Waals surface area contributed by atoms with Crippen molar-refractivity contribution >= 4 is 11.9 Å². The lowest BCUT2D eigenvalue weighted by molar-refractivity contribution is -0.133. The molecule has 1 fully saturated rings. The highest BCUT2D eigenvalue weighted by Crippen LogP contribution is 2.49. The summed E-state index contributed by atoms with van der Waals surface area (Å²) >= 11 is 0. The predicted molar refractivity (Wildman–Crippen MR) is 89.7 cm³/mol. The minimum absolute atomic E-state index is 0.0508. The summed E-state index contributed by atoms with van der Waals surface area (Å²) in [5.74, 6) is -2.79. The summed E-state index contributed by atoms with van der Waals surface area (Å²) in [6, 6.07) is 8.46. The van der Waals surface area contributed by atoms with Gasteiger partial charge in [0, 0.05) is 25.1 Å². The molecule has 26 heavy (non-hydrogen) atoms. The highest BCUT2D eigenvalue weighted by molar-refractivity contribution is 5.88. The number of hydrogen-bond donors (Lipinski definition) is 1. The molecule has 4 rings (SSSR count). The average molecular weight is 357 g/mol. The van der Waals surface area contributed by atoms with Crippen LogP contribution in [0, 0.1) is 17.6 Å². The number of carbonyl (C=O) groups is 2. The number of carboxylic acids is 1. The third kappa shape index (κ3) is 2.96. The minimum Gasteiger partial charge on any atom is -0.478 e. The van der Waals surface area contributed by atoms with Crippen molar-refractivity contribution < 1.29 is 23.5 Å². The minimum atomic E-state index is -0.995. The maximum atomic E-state index is 13.9. The molecule has 2 aromatic carbocycles. The molecule has 0 bridgehead atoms. The van der Waals surface area contributed by atoms with E-state index in [2.05, 4.69) is 0 Å². The van der Waals surface area contributed by atoms with Gasteiger partial charge in [-0.05, 0) is 53.6 Å². The molecule has 0 spiro atoms. The number of carbonyl (C=O) groups excluding carboxylic acids is 1. The molecule has 1 amide bonds. The van der Waals surface area contributed by atoms with Crippen LogP contribution in [-0.4, -0.2) is 28.4 Å². The third-order valence-electron chi connectivity index (χ3n) is 5.25. The molecule has 2 aromatic rings. The first-order valence-corrected chi connectivity index (χ1v) is 8.53. The Bertz CT molecular complexity index is 912.